The Balaban J connectivity index is 3.29. The number of nitrogens with two attached hydrogens (primary N) is 1. The highest BCUT2D eigenvalue weighted by atomic mass is 16.7. The predicted octanol–water partition coefficient (Wildman–Crippen LogP) is 6.04. The zero-order valence-electron chi connectivity index (χ0n) is 24.9. The van der Waals surface area contributed by atoms with Gasteiger partial charge in [-0.05, 0) is 49.8 Å². The minimum absolute atomic E-state index is 0.121. The predicted molar refractivity (Wildman–Crippen MR) is 149 cm³/mol. The molecule has 1 aromatic carbocycles. The average Bonchev–Trinajstić information content (AvgIpc) is 2.90. The molecule has 12 nitrogen and oxygen atoms in total. The first-order valence-electron chi connectivity index (χ1n) is 14.1. The number of unbranched alkanes of at least 4 members (excludes halogenated alkanes) is 2. The Morgan fingerprint density at radius 3 is 1.85 bits per heavy atom. The van der Waals surface area contributed by atoms with E-state index in [0.717, 1.165) is 12.8 Å². The lowest BCUT2D eigenvalue weighted by Crippen LogP contribution is -2.42. The van der Waals surface area contributed by atoms with Crippen LogP contribution >= 0.6 is 0 Å². The summed E-state index contributed by atoms with van der Waals surface area (Å²) in [4.78, 5) is 48.7. The van der Waals surface area contributed by atoms with Crippen LogP contribution in [0.15, 0.2) is 18.2 Å². The van der Waals surface area contributed by atoms with E-state index < -0.39 is 48.4 Å². The van der Waals surface area contributed by atoms with Gasteiger partial charge in [0.2, 0.25) is 0 Å². The fourth-order valence-electron chi connectivity index (χ4n) is 3.69. The quantitative estimate of drug-likeness (QED) is 0.0945. The van der Waals surface area contributed by atoms with Gasteiger partial charge < -0.3 is 39.3 Å². The number of ether oxygens (including phenoxy) is 6. The number of carbonyl (C=O) groups excluding carboxylic acids is 3. The Morgan fingerprint density at radius 2 is 1.34 bits per heavy atom. The van der Waals surface area contributed by atoms with Gasteiger partial charge in [-0.25, -0.2) is 14.4 Å². The van der Waals surface area contributed by atoms with Crippen molar-refractivity contribution < 1.29 is 52.7 Å². The van der Waals surface area contributed by atoms with E-state index in [-0.39, 0.29) is 31.3 Å². The molecule has 0 aromatic heterocycles. The van der Waals surface area contributed by atoms with E-state index in [2.05, 4.69) is 0 Å². The van der Waals surface area contributed by atoms with Crippen molar-refractivity contribution in [1.29, 1.82) is 0 Å². The van der Waals surface area contributed by atoms with Crippen molar-refractivity contribution in [3.63, 3.8) is 0 Å². The molecular formula is C29H45NO11. The van der Waals surface area contributed by atoms with Gasteiger partial charge in [-0.1, -0.05) is 53.5 Å². The SMILES string of the molecule is CCCCOC(=O)Oc1ccc(C(C(C)C(C)OC(=O)OCCC(C)C)[C@H](N)C(=O)O)cc1OC(=O)OCCCC. The molecule has 0 saturated carbocycles. The highest BCUT2D eigenvalue weighted by Crippen LogP contribution is 2.37. The smallest absolute Gasteiger partial charge is 0.480 e. The summed E-state index contributed by atoms with van der Waals surface area (Å²) in [6.45, 7) is 11.6. The molecule has 0 spiro atoms. The molecule has 41 heavy (non-hydrogen) atoms. The van der Waals surface area contributed by atoms with Gasteiger partial charge in [0.25, 0.3) is 0 Å². The average molecular weight is 584 g/mol. The third-order valence-electron chi connectivity index (χ3n) is 6.35. The number of carboxylic acid groups (broad SMARTS) is 1. The molecule has 12 heteroatoms. The highest BCUT2D eigenvalue weighted by Gasteiger charge is 2.36. The molecule has 1 aromatic rings. The molecule has 4 atom stereocenters. The van der Waals surface area contributed by atoms with Crippen molar-refractivity contribution in [2.75, 3.05) is 19.8 Å². The third-order valence-corrected chi connectivity index (χ3v) is 6.35. The summed E-state index contributed by atoms with van der Waals surface area (Å²) in [6.07, 6.45) is -0.197. The summed E-state index contributed by atoms with van der Waals surface area (Å²) in [5, 5.41) is 9.76. The van der Waals surface area contributed by atoms with Gasteiger partial charge in [-0.15, -0.1) is 0 Å². The number of rotatable bonds is 17. The Labute approximate surface area is 241 Å². The zero-order chi connectivity index (χ0) is 30.9. The number of carbonyl (C=O) groups is 4. The van der Waals surface area contributed by atoms with Crippen LogP contribution in [0.1, 0.15) is 85.1 Å². The van der Waals surface area contributed by atoms with Gasteiger partial charge in [-0.3, -0.25) is 4.79 Å². The molecule has 0 aliphatic rings. The minimum atomic E-state index is -1.43. The summed E-state index contributed by atoms with van der Waals surface area (Å²) in [7, 11) is 0. The number of hydrogen-bond donors (Lipinski definition) is 2. The zero-order valence-corrected chi connectivity index (χ0v) is 24.9. The Kier molecular flexibility index (Phi) is 16.2. The van der Waals surface area contributed by atoms with Crippen LogP contribution in [0, 0.1) is 11.8 Å². The summed E-state index contributed by atoms with van der Waals surface area (Å²) in [6, 6.07) is 2.74. The maximum absolute atomic E-state index is 12.3. The first-order valence-corrected chi connectivity index (χ1v) is 14.1. The van der Waals surface area contributed by atoms with Crippen LogP contribution in [-0.4, -0.2) is 61.5 Å². The van der Waals surface area contributed by atoms with Crippen molar-refractivity contribution in [2.24, 2.45) is 17.6 Å². The standard InChI is InChI=1S/C29H45NO11/c1-7-9-14-36-28(34)40-22-12-11-21(17-23(22)41-29(35)37-15-10-8-2)24(25(30)26(31)32)19(5)20(6)39-27(33)38-16-13-18(3)4/h11-12,17-20,24-25H,7-10,13-16,30H2,1-6H3,(H,31,32)/t19?,20?,24?,25-/m0/s1. The Hall–Kier alpha value is -3.54. The maximum Gasteiger partial charge on any atom is 0.513 e. The number of carboxylic acids is 1. The second kappa shape index (κ2) is 18.7. The summed E-state index contributed by atoms with van der Waals surface area (Å²) >= 11 is 0. The normalized spacial score (nSPS) is 13.9. The molecular weight excluding hydrogens is 538 g/mol. The molecule has 0 amide bonds. The first-order chi connectivity index (χ1) is 19.4. The van der Waals surface area contributed by atoms with E-state index in [1.807, 2.05) is 27.7 Å². The van der Waals surface area contributed by atoms with E-state index >= 15 is 0 Å². The largest absolute Gasteiger partial charge is 0.513 e. The molecule has 0 bridgehead atoms. The van der Waals surface area contributed by atoms with E-state index in [1.54, 1.807) is 13.8 Å². The van der Waals surface area contributed by atoms with Crippen molar-refractivity contribution >= 4 is 24.4 Å². The molecule has 1 rings (SSSR count). The molecule has 0 radical (unpaired) electrons. The lowest BCUT2D eigenvalue weighted by molar-refractivity contribution is -0.139. The van der Waals surface area contributed by atoms with Crippen LogP contribution in [0.2, 0.25) is 0 Å². The van der Waals surface area contributed by atoms with Crippen molar-refractivity contribution in [2.45, 2.75) is 91.7 Å². The van der Waals surface area contributed by atoms with Gasteiger partial charge in [0.1, 0.15) is 12.1 Å². The number of hydrogen-bond acceptors (Lipinski definition) is 11. The van der Waals surface area contributed by atoms with E-state index in [4.69, 9.17) is 34.2 Å². The molecule has 0 fully saturated rings. The van der Waals surface area contributed by atoms with Crippen LogP contribution in [0.4, 0.5) is 14.4 Å². The van der Waals surface area contributed by atoms with Crippen LogP contribution in [0.5, 0.6) is 11.5 Å². The van der Waals surface area contributed by atoms with Crippen LogP contribution in [0.25, 0.3) is 0 Å². The van der Waals surface area contributed by atoms with Crippen molar-refractivity contribution in [3.8, 4) is 11.5 Å². The molecule has 0 aliphatic carbocycles. The van der Waals surface area contributed by atoms with Crippen LogP contribution in [-0.2, 0) is 23.7 Å². The van der Waals surface area contributed by atoms with Gasteiger partial charge in [0.05, 0.1) is 19.8 Å². The fourth-order valence-corrected chi connectivity index (χ4v) is 3.69. The minimum Gasteiger partial charge on any atom is -0.480 e. The second-order valence-electron chi connectivity index (χ2n) is 10.2. The van der Waals surface area contributed by atoms with Gasteiger partial charge in [0.15, 0.2) is 11.5 Å². The Morgan fingerprint density at radius 1 is 0.805 bits per heavy atom. The topological polar surface area (TPSA) is 170 Å². The van der Waals surface area contributed by atoms with E-state index in [0.29, 0.717) is 30.7 Å². The Bertz CT molecular complexity index is 982. The summed E-state index contributed by atoms with van der Waals surface area (Å²) < 4.78 is 31.2. The first kappa shape index (κ1) is 35.5. The highest BCUT2D eigenvalue weighted by molar-refractivity contribution is 5.75. The van der Waals surface area contributed by atoms with Gasteiger partial charge in [0, 0.05) is 11.8 Å². The number of aliphatic carboxylic acids is 1. The lowest BCUT2D eigenvalue weighted by atomic mass is 9.79. The third kappa shape index (κ3) is 13.1. The number of benzene rings is 1. The van der Waals surface area contributed by atoms with Crippen molar-refractivity contribution in [3.05, 3.63) is 23.8 Å². The van der Waals surface area contributed by atoms with E-state index in [1.165, 1.54) is 18.2 Å². The monoisotopic (exact) mass is 583 g/mol. The van der Waals surface area contributed by atoms with Crippen molar-refractivity contribution in [1.82, 2.24) is 0 Å². The molecule has 3 N–H and O–H groups in total. The molecule has 0 heterocycles. The molecule has 232 valence electrons. The molecule has 0 saturated heterocycles. The molecule has 0 aliphatic heterocycles. The van der Waals surface area contributed by atoms with Crippen LogP contribution < -0.4 is 15.2 Å². The summed E-state index contributed by atoms with van der Waals surface area (Å²) in [5.74, 6) is -2.86. The lowest BCUT2D eigenvalue weighted by Gasteiger charge is -2.31. The van der Waals surface area contributed by atoms with Gasteiger partial charge >= 0.3 is 24.4 Å². The van der Waals surface area contributed by atoms with Crippen LogP contribution in [0.3, 0.4) is 0 Å². The second-order valence-corrected chi connectivity index (χ2v) is 10.2. The van der Waals surface area contributed by atoms with E-state index in [9.17, 15) is 24.3 Å². The molecule has 3 unspecified atom stereocenters. The fraction of sp³-hybridized carbons (Fsp3) is 0.655. The maximum atomic E-state index is 12.3. The summed E-state index contributed by atoms with van der Waals surface area (Å²) in [5.41, 5.74) is 6.42. The van der Waals surface area contributed by atoms with Gasteiger partial charge in [-0.2, -0.15) is 0 Å².